The van der Waals surface area contributed by atoms with Crippen molar-refractivity contribution in [1.29, 1.82) is 0 Å². The van der Waals surface area contributed by atoms with E-state index in [4.69, 9.17) is 42.7 Å². The van der Waals surface area contributed by atoms with Gasteiger partial charge in [-0.3, -0.25) is 19.3 Å². The van der Waals surface area contributed by atoms with Crippen LogP contribution >= 0.6 is 0 Å². The number of hydrogen-bond acceptors (Lipinski definition) is 28. The van der Waals surface area contributed by atoms with Crippen LogP contribution in [0, 0.1) is 0 Å². The molecular weight excluding hydrogens is 1050 g/mol. The fourth-order valence-electron chi connectivity index (χ4n) is 8.31. The third-order valence-electron chi connectivity index (χ3n) is 12.7. The summed E-state index contributed by atoms with van der Waals surface area (Å²) in [5, 5.41) is 150. The summed E-state index contributed by atoms with van der Waals surface area (Å²) < 4.78 is 60.5. The number of amides is 3. The van der Waals surface area contributed by atoms with Crippen molar-refractivity contribution in [3.8, 4) is 11.8 Å². The van der Waals surface area contributed by atoms with E-state index in [2.05, 4.69) is 16.0 Å². The van der Waals surface area contributed by atoms with Crippen LogP contribution in [0.3, 0.4) is 0 Å². The van der Waals surface area contributed by atoms with Crippen LogP contribution in [-0.4, -0.2) is 300 Å². The van der Waals surface area contributed by atoms with Crippen LogP contribution in [0.1, 0.15) is 32.6 Å². The topological polar surface area (TPSA) is 479 Å². The van der Waals surface area contributed by atoms with Crippen molar-refractivity contribution in [1.82, 2.24) is 25.6 Å². The number of aliphatic hydroxyl groups excluding tert-OH is 12. The van der Waals surface area contributed by atoms with Gasteiger partial charge in [-0.25, -0.2) is 9.18 Å². The highest BCUT2D eigenvalue weighted by molar-refractivity contribution is 5.84. The summed E-state index contributed by atoms with van der Waals surface area (Å²) >= 11 is 0. The van der Waals surface area contributed by atoms with Crippen molar-refractivity contribution in [2.45, 2.75) is 155 Å². The number of ether oxygens (including phenoxy) is 8. The van der Waals surface area contributed by atoms with Crippen LogP contribution in [0.25, 0.3) is 0 Å². The van der Waals surface area contributed by atoms with Gasteiger partial charge < -0.3 is 130 Å². The number of carbonyl (C=O) groups is 4. The van der Waals surface area contributed by atoms with Gasteiger partial charge in [-0.2, -0.15) is 0 Å². The Bertz CT molecular complexity index is 1980. The van der Waals surface area contributed by atoms with E-state index in [0.29, 0.717) is 24.0 Å². The maximum Gasteiger partial charge on any atom is 0.333 e. The standard InChI is InChI=1S/C44H72FN5O27/c1-19-30(59)34(63)37(66)42(72-19)70-12-10-48-25(55)15-49(13-23(53)46-8-4-2-3-5-28(58)77-50-26(56)6-7-27(50)57)14-24(54)47-9-11-69-41-29(45)40(76-44-39(68)36(65)32(61)21(17-52)74-44)33(62)22(75-41)18-71-43-38(67)35(64)31(60)20(16-51)73-43/h6-7,19-22,29-44,51-52,56-57,59-68H,2-5,8-18H2,1H3,(H,46,53)(H,47,54)(H,48,55). The number of rotatable bonds is 28. The van der Waals surface area contributed by atoms with Gasteiger partial charge in [0.25, 0.3) is 0 Å². The Morgan fingerprint density at radius 3 is 1.58 bits per heavy atom. The molecule has 5 heterocycles. The van der Waals surface area contributed by atoms with Crippen molar-refractivity contribution in [2.75, 3.05) is 72.3 Å². The number of hydrogen-bond donors (Lipinski definition) is 17. The normalized spacial score (nSPS) is 35.6. The molecule has 0 aliphatic carbocycles. The zero-order valence-electron chi connectivity index (χ0n) is 41.6. The maximum atomic E-state index is 16.3. The molecule has 4 saturated heterocycles. The average Bonchev–Trinajstić information content (AvgIpc) is 3.72. The lowest BCUT2D eigenvalue weighted by Gasteiger charge is -2.46. The first kappa shape index (κ1) is 63.7. The third-order valence-corrected chi connectivity index (χ3v) is 12.7. The molecule has 3 amide bonds. The smallest absolute Gasteiger partial charge is 0.333 e. The zero-order chi connectivity index (χ0) is 56.7. The number of nitrogens with one attached hydrogen (secondary N) is 3. The molecule has 0 saturated carbocycles. The summed E-state index contributed by atoms with van der Waals surface area (Å²) in [5.41, 5.74) is 0. The molecule has 0 aromatic carbocycles. The summed E-state index contributed by atoms with van der Waals surface area (Å²) in [4.78, 5) is 57.5. The lowest BCUT2D eigenvalue weighted by atomic mass is 9.97. The van der Waals surface area contributed by atoms with Crippen molar-refractivity contribution in [2.24, 2.45) is 0 Å². The molecule has 32 nitrogen and oxygen atoms in total. The van der Waals surface area contributed by atoms with Crippen LogP contribution in [0.4, 0.5) is 4.39 Å². The van der Waals surface area contributed by atoms with E-state index >= 15 is 4.39 Å². The van der Waals surface area contributed by atoms with E-state index < -0.39 is 204 Å². The SMILES string of the molecule is CC1OC(OCCNC(=O)CN(CC(=O)NCCCCCC(=O)On2c(O)ccc2O)CC(=O)NCCOC2OC(COC3OC(CO)C(O)C(O)C3O)C(O)C(OC3OC(CO)C(O)C(O)C3O)C2F)C(O)C(O)C1O. The summed E-state index contributed by atoms with van der Waals surface area (Å²) in [6.07, 6.45) is -33.9. The van der Waals surface area contributed by atoms with Gasteiger partial charge in [-0.15, -0.1) is 4.73 Å². The third kappa shape index (κ3) is 17.7. The molecule has 77 heavy (non-hydrogen) atoms. The van der Waals surface area contributed by atoms with Gasteiger partial charge in [0.15, 0.2) is 31.3 Å². The lowest BCUT2D eigenvalue weighted by molar-refractivity contribution is -0.359. The monoisotopic (exact) mass is 1120 g/mol. The first-order valence-electron chi connectivity index (χ1n) is 24.7. The number of alkyl halides is 1. The van der Waals surface area contributed by atoms with Crippen LogP contribution in [0.5, 0.6) is 11.8 Å². The first-order valence-corrected chi connectivity index (χ1v) is 24.7. The van der Waals surface area contributed by atoms with Gasteiger partial charge in [0, 0.05) is 38.2 Å². The molecule has 0 radical (unpaired) electrons. The Hall–Kier alpha value is -4.15. The molecule has 1 aromatic rings. The van der Waals surface area contributed by atoms with E-state index in [1.807, 2.05) is 0 Å². The number of aliphatic hydroxyl groups is 12. The number of nitrogens with zero attached hydrogens (tertiary/aromatic N) is 2. The van der Waals surface area contributed by atoms with Crippen molar-refractivity contribution in [3.05, 3.63) is 12.1 Å². The highest BCUT2D eigenvalue weighted by Gasteiger charge is 2.53. The second-order valence-electron chi connectivity index (χ2n) is 18.5. The van der Waals surface area contributed by atoms with Gasteiger partial charge in [0.2, 0.25) is 29.5 Å². The second-order valence-corrected chi connectivity index (χ2v) is 18.5. The highest BCUT2D eigenvalue weighted by Crippen LogP contribution is 2.32. The number of aromatic hydroxyl groups is 2. The van der Waals surface area contributed by atoms with E-state index in [1.54, 1.807) is 0 Å². The minimum Gasteiger partial charge on any atom is -0.492 e. The van der Waals surface area contributed by atoms with Crippen LogP contribution in [0.2, 0.25) is 0 Å². The zero-order valence-corrected chi connectivity index (χ0v) is 41.6. The molecule has 0 bridgehead atoms. The quantitative estimate of drug-likeness (QED) is 0.0347. The fourth-order valence-corrected chi connectivity index (χ4v) is 8.31. The van der Waals surface area contributed by atoms with Crippen molar-refractivity contribution < 1.29 is 138 Å². The molecule has 1 aromatic heterocycles. The molecule has 20 atom stereocenters. The summed E-state index contributed by atoms with van der Waals surface area (Å²) in [5.74, 6) is -3.82. The van der Waals surface area contributed by atoms with Gasteiger partial charge in [0.1, 0.15) is 85.5 Å². The predicted molar refractivity (Wildman–Crippen MR) is 245 cm³/mol. The Balaban J connectivity index is 1.16. The first-order chi connectivity index (χ1) is 36.6. The molecule has 17 N–H and O–H groups in total. The van der Waals surface area contributed by atoms with E-state index in [0.717, 1.165) is 17.0 Å². The fraction of sp³-hybridized carbons (Fsp3) is 0.818. The molecule has 4 aliphatic rings. The summed E-state index contributed by atoms with van der Waals surface area (Å²) in [6.45, 7) is -3.90. The van der Waals surface area contributed by atoms with Crippen LogP contribution in [-0.2, 0) is 57.1 Å². The van der Waals surface area contributed by atoms with Gasteiger partial charge in [-0.05, 0) is 19.8 Å². The molecule has 20 unspecified atom stereocenters. The van der Waals surface area contributed by atoms with Crippen LogP contribution < -0.4 is 20.8 Å². The summed E-state index contributed by atoms with van der Waals surface area (Å²) in [7, 11) is 0. The lowest BCUT2D eigenvalue weighted by Crippen LogP contribution is -2.64. The van der Waals surface area contributed by atoms with Crippen molar-refractivity contribution in [3.63, 3.8) is 0 Å². The Labute approximate surface area is 438 Å². The van der Waals surface area contributed by atoms with Gasteiger partial charge >= 0.3 is 5.97 Å². The summed E-state index contributed by atoms with van der Waals surface area (Å²) in [6, 6.07) is 2.24. The molecule has 442 valence electrons. The number of aromatic nitrogens is 1. The molecule has 33 heteroatoms. The highest BCUT2D eigenvalue weighted by atomic mass is 19.1. The molecule has 4 aliphatic heterocycles. The van der Waals surface area contributed by atoms with Crippen LogP contribution in [0.15, 0.2) is 12.1 Å². The van der Waals surface area contributed by atoms with E-state index in [9.17, 15) is 90.7 Å². The van der Waals surface area contributed by atoms with E-state index in [1.165, 1.54) is 6.92 Å². The minimum absolute atomic E-state index is 0.0901. The predicted octanol–water partition coefficient (Wildman–Crippen LogP) is -9.65. The van der Waals surface area contributed by atoms with Gasteiger partial charge in [0.05, 0.1) is 58.8 Å². The largest absolute Gasteiger partial charge is 0.492 e. The van der Waals surface area contributed by atoms with E-state index in [-0.39, 0.29) is 32.7 Å². The molecule has 0 spiro atoms. The average molecular weight is 1120 g/mol. The molecular formula is C44H72FN5O27. The molecule has 4 fully saturated rings. The Morgan fingerprint density at radius 2 is 1.04 bits per heavy atom. The number of unbranched alkanes of at least 4 members (excludes halogenated alkanes) is 2. The van der Waals surface area contributed by atoms with Gasteiger partial charge in [-0.1, -0.05) is 6.42 Å². The Morgan fingerprint density at radius 1 is 0.571 bits per heavy atom. The second kappa shape index (κ2) is 30.4. The maximum absolute atomic E-state index is 16.3. The number of carbonyl (C=O) groups excluding carboxylic acids is 4. The Kier molecular flexibility index (Phi) is 25.2. The number of halogens is 1. The molecule has 5 rings (SSSR count). The minimum atomic E-state index is -2.46. The van der Waals surface area contributed by atoms with Crippen molar-refractivity contribution >= 4 is 23.7 Å².